The van der Waals surface area contributed by atoms with Gasteiger partial charge in [-0.2, -0.15) is 10.5 Å². The molecule has 80 valence electrons. The van der Waals surface area contributed by atoms with Gasteiger partial charge in [-0.25, -0.2) is 0 Å². The number of ketones is 1. The van der Waals surface area contributed by atoms with Crippen molar-refractivity contribution in [3.63, 3.8) is 0 Å². The fraction of sp³-hybridized carbons (Fsp3) is 0.308. The average molecular weight is 212 g/mol. The van der Waals surface area contributed by atoms with Crippen molar-refractivity contribution in [1.29, 1.82) is 10.5 Å². The molecule has 0 aliphatic heterocycles. The highest BCUT2D eigenvalue weighted by Gasteiger charge is 2.15. The van der Waals surface area contributed by atoms with Crippen LogP contribution in [0.2, 0.25) is 0 Å². The second-order valence-corrected chi connectivity index (χ2v) is 3.64. The maximum absolute atomic E-state index is 11.4. The molecule has 3 heteroatoms. The van der Waals surface area contributed by atoms with Gasteiger partial charge in [0.1, 0.15) is 0 Å². The van der Waals surface area contributed by atoms with Crippen molar-refractivity contribution >= 4 is 5.78 Å². The maximum atomic E-state index is 11.4. The number of nitrogens with zero attached hydrogens (tertiary/aromatic N) is 2. The van der Waals surface area contributed by atoms with Crippen molar-refractivity contribution in [2.45, 2.75) is 19.8 Å². The molecule has 0 saturated carbocycles. The summed E-state index contributed by atoms with van der Waals surface area (Å²) in [4.78, 5) is 11.4. The van der Waals surface area contributed by atoms with Crippen molar-refractivity contribution in [2.24, 2.45) is 5.92 Å². The Bertz CT molecular complexity index is 434. The topological polar surface area (TPSA) is 64.7 Å². The number of hydrogen-bond donors (Lipinski definition) is 0. The maximum Gasteiger partial charge on any atom is 0.191 e. The zero-order valence-electron chi connectivity index (χ0n) is 9.10. The van der Waals surface area contributed by atoms with Gasteiger partial charge in [-0.05, 0) is 18.9 Å². The van der Waals surface area contributed by atoms with Gasteiger partial charge in [-0.1, -0.05) is 29.8 Å². The second kappa shape index (κ2) is 5.68. The standard InChI is InChI=1S/C13H12N2O/c1-10-2-4-11(5-3-10)6-7-13(16)12(8-14)9-15/h2-5,12H,6-7H2,1H3. The molecule has 16 heavy (non-hydrogen) atoms. The molecule has 0 unspecified atom stereocenters. The van der Waals surface area contributed by atoms with E-state index in [4.69, 9.17) is 10.5 Å². The predicted octanol–water partition coefficient (Wildman–Crippen LogP) is 2.16. The summed E-state index contributed by atoms with van der Waals surface area (Å²) >= 11 is 0. The van der Waals surface area contributed by atoms with Gasteiger partial charge < -0.3 is 0 Å². The van der Waals surface area contributed by atoms with Crippen molar-refractivity contribution in [3.05, 3.63) is 35.4 Å². The van der Waals surface area contributed by atoms with E-state index in [-0.39, 0.29) is 12.2 Å². The molecule has 0 fully saturated rings. The van der Waals surface area contributed by atoms with Crippen LogP contribution in [0.25, 0.3) is 0 Å². The first-order chi connectivity index (χ1) is 7.67. The monoisotopic (exact) mass is 212 g/mol. The number of aryl methyl sites for hydroxylation is 2. The van der Waals surface area contributed by atoms with Crippen molar-refractivity contribution < 1.29 is 4.79 Å². The molecule has 3 nitrogen and oxygen atoms in total. The van der Waals surface area contributed by atoms with Gasteiger partial charge >= 0.3 is 0 Å². The molecule has 0 saturated heterocycles. The van der Waals surface area contributed by atoms with Crippen LogP contribution in [0.3, 0.4) is 0 Å². The smallest absolute Gasteiger partial charge is 0.191 e. The lowest BCUT2D eigenvalue weighted by Gasteiger charge is -2.01. The van der Waals surface area contributed by atoms with E-state index in [2.05, 4.69) is 0 Å². The van der Waals surface area contributed by atoms with Crippen LogP contribution in [0, 0.1) is 35.5 Å². The summed E-state index contributed by atoms with van der Waals surface area (Å²) in [6.07, 6.45) is 0.827. The number of hydrogen-bond acceptors (Lipinski definition) is 3. The molecule has 0 aliphatic rings. The summed E-state index contributed by atoms with van der Waals surface area (Å²) in [5, 5.41) is 17.1. The first kappa shape index (κ1) is 11.9. The van der Waals surface area contributed by atoms with Crippen molar-refractivity contribution in [3.8, 4) is 12.1 Å². The van der Waals surface area contributed by atoms with E-state index in [1.165, 1.54) is 5.56 Å². The molecule has 0 aliphatic carbocycles. The highest BCUT2D eigenvalue weighted by molar-refractivity contribution is 5.85. The van der Waals surface area contributed by atoms with Gasteiger partial charge in [0.15, 0.2) is 11.7 Å². The minimum atomic E-state index is -1.12. The number of carbonyl (C=O) groups excluding carboxylic acids is 1. The van der Waals surface area contributed by atoms with Gasteiger partial charge in [0.25, 0.3) is 0 Å². The third-order valence-corrected chi connectivity index (χ3v) is 2.36. The molecule has 0 aromatic heterocycles. The van der Waals surface area contributed by atoms with Gasteiger partial charge in [0.2, 0.25) is 0 Å². The molecule has 0 radical (unpaired) electrons. The lowest BCUT2D eigenvalue weighted by molar-refractivity contribution is -0.119. The first-order valence-corrected chi connectivity index (χ1v) is 5.05. The molecule has 0 bridgehead atoms. The van der Waals surface area contributed by atoms with E-state index >= 15 is 0 Å². The Labute approximate surface area is 94.9 Å². The Morgan fingerprint density at radius 1 is 1.25 bits per heavy atom. The minimum Gasteiger partial charge on any atom is -0.297 e. The van der Waals surface area contributed by atoms with E-state index in [0.29, 0.717) is 6.42 Å². The molecule has 0 heterocycles. The van der Waals surface area contributed by atoms with Gasteiger partial charge in [0.05, 0.1) is 12.1 Å². The van der Waals surface area contributed by atoms with E-state index in [9.17, 15) is 4.79 Å². The fourth-order valence-corrected chi connectivity index (χ4v) is 1.34. The second-order valence-electron chi connectivity index (χ2n) is 3.64. The minimum absolute atomic E-state index is 0.245. The predicted molar refractivity (Wildman–Crippen MR) is 59.2 cm³/mol. The Balaban J connectivity index is 2.53. The van der Waals surface area contributed by atoms with Crippen LogP contribution in [0.15, 0.2) is 24.3 Å². The molecule has 0 spiro atoms. The summed E-state index contributed by atoms with van der Waals surface area (Å²) in [6.45, 7) is 2.00. The molecule has 0 atom stereocenters. The SMILES string of the molecule is Cc1ccc(CCC(=O)C(C#N)C#N)cc1. The molecule has 1 aromatic rings. The van der Waals surface area contributed by atoms with E-state index in [1.807, 2.05) is 31.2 Å². The zero-order chi connectivity index (χ0) is 12.0. The highest BCUT2D eigenvalue weighted by Crippen LogP contribution is 2.08. The molecule has 1 rings (SSSR count). The Morgan fingerprint density at radius 3 is 2.31 bits per heavy atom. The van der Waals surface area contributed by atoms with Crippen LogP contribution >= 0.6 is 0 Å². The van der Waals surface area contributed by atoms with Gasteiger partial charge in [0, 0.05) is 6.42 Å². The van der Waals surface area contributed by atoms with Crippen LogP contribution in [0.4, 0.5) is 0 Å². The number of nitriles is 2. The van der Waals surface area contributed by atoms with E-state index < -0.39 is 5.92 Å². The largest absolute Gasteiger partial charge is 0.297 e. The van der Waals surface area contributed by atoms with Crippen LogP contribution in [-0.4, -0.2) is 5.78 Å². The van der Waals surface area contributed by atoms with Crippen LogP contribution in [0.1, 0.15) is 17.5 Å². The highest BCUT2D eigenvalue weighted by atomic mass is 16.1. The molecule has 1 aromatic carbocycles. The normalized spacial score (nSPS) is 9.50. The summed E-state index contributed by atoms with van der Waals surface area (Å²) < 4.78 is 0. The zero-order valence-corrected chi connectivity index (χ0v) is 9.10. The average Bonchev–Trinajstić information content (AvgIpc) is 2.30. The van der Waals surface area contributed by atoms with Gasteiger partial charge in [-0.15, -0.1) is 0 Å². The van der Waals surface area contributed by atoms with Gasteiger partial charge in [-0.3, -0.25) is 4.79 Å². The lowest BCUT2D eigenvalue weighted by atomic mass is 10.00. The summed E-state index contributed by atoms with van der Waals surface area (Å²) in [6, 6.07) is 11.2. The first-order valence-electron chi connectivity index (χ1n) is 5.05. The summed E-state index contributed by atoms with van der Waals surface area (Å²) in [7, 11) is 0. The fourth-order valence-electron chi connectivity index (χ4n) is 1.34. The molecular weight excluding hydrogens is 200 g/mol. The molecule has 0 amide bonds. The quantitative estimate of drug-likeness (QED) is 0.768. The Morgan fingerprint density at radius 2 is 1.81 bits per heavy atom. The number of rotatable bonds is 4. The Hall–Kier alpha value is -2.13. The molecular formula is C13H12N2O. The van der Waals surface area contributed by atoms with Crippen LogP contribution < -0.4 is 0 Å². The summed E-state index contributed by atoms with van der Waals surface area (Å²) in [5.41, 5.74) is 2.22. The summed E-state index contributed by atoms with van der Waals surface area (Å²) in [5.74, 6) is -1.42. The molecule has 0 N–H and O–H groups in total. The van der Waals surface area contributed by atoms with E-state index in [1.54, 1.807) is 12.1 Å². The number of benzene rings is 1. The Kier molecular flexibility index (Phi) is 4.24. The third-order valence-electron chi connectivity index (χ3n) is 2.36. The third kappa shape index (κ3) is 3.22. The lowest BCUT2D eigenvalue weighted by Crippen LogP contribution is -2.11. The number of Topliss-reactive ketones (excluding diaryl/α,β-unsaturated/α-hetero) is 1. The van der Waals surface area contributed by atoms with Crippen LogP contribution in [-0.2, 0) is 11.2 Å². The van der Waals surface area contributed by atoms with Crippen molar-refractivity contribution in [2.75, 3.05) is 0 Å². The number of carbonyl (C=O) groups is 1. The van der Waals surface area contributed by atoms with Crippen LogP contribution in [0.5, 0.6) is 0 Å². The van der Waals surface area contributed by atoms with Crippen molar-refractivity contribution in [1.82, 2.24) is 0 Å². The van der Waals surface area contributed by atoms with E-state index in [0.717, 1.165) is 5.56 Å².